The van der Waals surface area contributed by atoms with Crippen LogP contribution in [0.25, 0.3) is 0 Å². The molecule has 2 rings (SSSR count). The van der Waals surface area contributed by atoms with Crippen LogP contribution in [0, 0.1) is 11.8 Å². The fourth-order valence-electron chi connectivity index (χ4n) is 2.96. The number of alkyl halides is 2. The quantitative estimate of drug-likeness (QED) is 0.689. The van der Waals surface area contributed by atoms with Crippen LogP contribution in [0.1, 0.15) is 51.4 Å². The molecule has 1 unspecified atom stereocenters. The Morgan fingerprint density at radius 1 is 1.00 bits per heavy atom. The van der Waals surface area contributed by atoms with Crippen LogP contribution < -0.4 is 0 Å². The Hall–Kier alpha value is -0.470. The van der Waals surface area contributed by atoms with Gasteiger partial charge in [0.2, 0.25) is 5.92 Å². The van der Waals surface area contributed by atoms with Crippen LogP contribution in [-0.4, -0.2) is 11.7 Å². The molecule has 15 heavy (non-hydrogen) atoms. The van der Waals surface area contributed by atoms with Crippen molar-refractivity contribution in [2.75, 3.05) is 0 Å². The Morgan fingerprint density at radius 2 is 1.60 bits per heavy atom. The van der Waals surface area contributed by atoms with Crippen molar-refractivity contribution < 1.29 is 13.6 Å². The molecule has 2 aliphatic carbocycles. The third-order valence-corrected chi connectivity index (χ3v) is 3.80. The lowest BCUT2D eigenvalue weighted by Crippen LogP contribution is -2.33. The second-order valence-corrected chi connectivity index (χ2v) is 5.03. The Labute approximate surface area is 89.2 Å². The molecule has 0 aromatic rings. The zero-order valence-corrected chi connectivity index (χ0v) is 8.98. The molecule has 1 nitrogen and oxygen atoms in total. The first kappa shape index (κ1) is 11.0. The van der Waals surface area contributed by atoms with Gasteiger partial charge >= 0.3 is 0 Å². The van der Waals surface area contributed by atoms with Crippen LogP contribution >= 0.6 is 0 Å². The summed E-state index contributed by atoms with van der Waals surface area (Å²) in [7, 11) is 0. The van der Waals surface area contributed by atoms with Gasteiger partial charge in [-0.15, -0.1) is 0 Å². The van der Waals surface area contributed by atoms with Crippen LogP contribution in [0.3, 0.4) is 0 Å². The summed E-state index contributed by atoms with van der Waals surface area (Å²) in [5.41, 5.74) is 0. The standard InChI is InChI=1S/C12H18F2O/c13-12(14)7-3-6-10(8-12)11(15)9-4-1-2-5-9/h9-10H,1-8H2. The van der Waals surface area contributed by atoms with Crippen molar-refractivity contribution in [1.29, 1.82) is 0 Å². The van der Waals surface area contributed by atoms with E-state index in [9.17, 15) is 13.6 Å². The fourth-order valence-corrected chi connectivity index (χ4v) is 2.96. The molecule has 3 heteroatoms. The first-order valence-electron chi connectivity index (χ1n) is 6.00. The molecule has 0 heterocycles. The maximum absolute atomic E-state index is 13.1. The largest absolute Gasteiger partial charge is 0.299 e. The van der Waals surface area contributed by atoms with Gasteiger partial charge < -0.3 is 0 Å². The molecule has 0 spiro atoms. The van der Waals surface area contributed by atoms with E-state index in [0.29, 0.717) is 12.8 Å². The van der Waals surface area contributed by atoms with E-state index >= 15 is 0 Å². The zero-order chi connectivity index (χ0) is 10.9. The minimum absolute atomic E-state index is 0.0263. The zero-order valence-electron chi connectivity index (χ0n) is 8.98. The topological polar surface area (TPSA) is 17.1 Å². The summed E-state index contributed by atoms with van der Waals surface area (Å²) in [6.07, 6.45) is 5.03. The SMILES string of the molecule is O=C(C1CCCC1)C1CCCC(F)(F)C1. The number of rotatable bonds is 2. The van der Waals surface area contributed by atoms with Gasteiger partial charge in [0, 0.05) is 24.7 Å². The van der Waals surface area contributed by atoms with Gasteiger partial charge in [-0.05, 0) is 25.7 Å². The van der Waals surface area contributed by atoms with Gasteiger partial charge in [0.1, 0.15) is 5.78 Å². The highest BCUT2D eigenvalue weighted by Crippen LogP contribution is 2.40. The van der Waals surface area contributed by atoms with Crippen LogP contribution in [0.2, 0.25) is 0 Å². The molecule has 0 aromatic carbocycles. The monoisotopic (exact) mass is 216 g/mol. The van der Waals surface area contributed by atoms with Crippen molar-refractivity contribution in [2.24, 2.45) is 11.8 Å². The molecule has 86 valence electrons. The Morgan fingerprint density at radius 3 is 2.20 bits per heavy atom. The van der Waals surface area contributed by atoms with Gasteiger partial charge in [-0.3, -0.25) is 4.79 Å². The van der Waals surface area contributed by atoms with Gasteiger partial charge in [0.25, 0.3) is 0 Å². The van der Waals surface area contributed by atoms with Crippen molar-refractivity contribution >= 4 is 5.78 Å². The second-order valence-electron chi connectivity index (χ2n) is 5.03. The van der Waals surface area contributed by atoms with Crippen LogP contribution in [0.15, 0.2) is 0 Å². The minimum Gasteiger partial charge on any atom is -0.299 e. The predicted octanol–water partition coefficient (Wildman–Crippen LogP) is 3.57. The third-order valence-electron chi connectivity index (χ3n) is 3.80. The lowest BCUT2D eigenvalue weighted by atomic mass is 9.79. The maximum Gasteiger partial charge on any atom is 0.248 e. The first-order valence-corrected chi connectivity index (χ1v) is 6.00. The molecule has 2 fully saturated rings. The van der Waals surface area contributed by atoms with E-state index in [1.54, 1.807) is 0 Å². The lowest BCUT2D eigenvalue weighted by Gasteiger charge is -2.29. The summed E-state index contributed by atoms with van der Waals surface area (Å²) < 4.78 is 26.3. The summed E-state index contributed by atoms with van der Waals surface area (Å²) in [4.78, 5) is 12.0. The van der Waals surface area contributed by atoms with E-state index in [2.05, 4.69) is 0 Å². The van der Waals surface area contributed by atoms with Crippen LogP contribution in [0.4, 0.5) is 8.78 Å². The number of Topliss-reactive ketones (excluding diaryl/α,β-unsaturated/α-hetero) is 1. The lowest BCUT2D eigenvalue weighted by molar-refractivity contribution is -0.133. The van der Waals surface area contributed by atoms with Crippen molar-refractivity contribution in [1.82, 2.24) is 0 Å². The number of hydrogen-bond donors (Lipinski definition) is 0. The molecule has 0 bridgehead atoms. The Bertz CT molecular complexity index is 244. The number of carbonyl (C=O) groups excluding carboxylic acids is 1. The van der Waals surface area contributed by atoms with Gasteiger partial charge in [0.05, 0.1) is 0 Å². The molecular weight excluding hydrogens is 198 g/mol. The molecular formula is C12H18F2O. The van der Waals surface area contributed by atoms with Gasteiger partial charge in [-0.1, -0.05) is 12.8 Å². The molecule has 0 saturated heterocycles. The number of ketones is 1. The average Bonchev–Trinajstić information content (AvgIpc) is 2.67. The fraction of sp³-hybridized carbons (Fsp3) is 0.917. The second kappa shape index (κ2) is 4.18. The van der Waals surface area contributed by atoms with Gasteiger partial charge in [0.15, 0.2) is 0 Å². The van der Waals surface area contributed by atoms with Crippen LogP contribution in [-0.2, 0) is 4.79 Å². The number of hydrogen-bond acceptors (Lipinski definition) is 1. The van der Waals surface area contributed by atoms with E-state index in [0.717, 1.165) is 25.7 Å². The maximum atomic E-state index is 13.1. The molecule has 2 saturated carbocycles. The van der Waals surface area contributed by atoms with E-state index in [4.69, 9.17) is 0 Å². The van der Waals surface area contributed by atoms with E-state index in [1.165, 1.54) is 0 Å². The number of carbonyl (C=O) groups is 1. The smallest absolute Gasteiger partial charge is 0.248 e. The van der Waals surface area contributed by atoms with Crippen molar-refractivity contribution in [3.63, 3.8) is 0 Å². The summed E-state index contributed by atoms with van der Waals surface area (Å²) in [6, 6.07) is 0. The van der Waals surface area contributed by atoms with Gasteiger partial charge in [-0.25, -0.2) is 8.78 Å². The van der Waals surface area contributed by atoms with E-state index in [1.807, 2.05) is 0 Å². The summed E-state index contributed by atoms with van der Waals surface area (Å²) >= 11 is 0. The Kier molecular flexibility index (Phi) is 3.08. The third kappa shape index (κ3) is 2.56. The molecule has 2 aliphatic rings. The highest BCUT2D eigenvalue weighted by atomic mass is 19.3. The van der Waals surface area contributed by atoms with Crippen molar-refractivity contribution in [2.45, 2.75) is 57.3 Å². The molecule has 0 N–H and O–H groups in total. The normalized spacial score (nSPS) is 31.7. The summed E-state index contributed by atoms with van der Waals surface area (Å²) in [5, 5.41) is 0. The molecule has 0 amide bonds. The van der Waals surface area contributed by atoms with Crippen molar-refractivity contribution in [3.8, 4) is 0 Å². The highest BCUT2D eigenvalue weighted by molar-refractivity contribution is 5.83. The average molecular weight is 216 g/mol. The first-order chi connectivity index (χ1) is 7.08. The summed E-state index contributed by atoms with van der Waals surface area (Å²) in [6.45, 7) is 0. The van der Waals surface area contributed by atoms with Crippen molar-refractivity contribution in [3.05, 3.63) is 0 Å². The predicted molar refractivity (Wildman–Crippen MR) is 53.9 cm³/mol. The molecule has 0 aliphatic heterocycles. The summed E-state index contributed by atoms with van der Waals surface area (Å²) in [5.74, 6) is -2.70. The van der Waals surface area contributed by atoms with Gasteiger partial charge in [-0.2, -0.15) is 0 Å². The molecule has 1 atom stereocenters. The molecule has 0 aromatic heterocycles. The van der Waals surface area contributed by atoms with E-state index < -0.39 is 5.92 Å². The molecule has 0 radical (unpaired) electrons. The number of halogens is 2. The van der Waals surface area contributed by atoms with E-state index in [-0.39, 0.29) is 30.5 Å². The highest BCUT2D eigenvalue weighted by Gasteiger charge is 2.41. The van der Waals surface area contributed by atoms with Crippen LogP contribution in [0.5, 0.6) is 0 Å². The Balaban J connectivity index is 1.94. The minimum atomic E-state index is -2.59.